The lowest BCUT2D eigenvalue weighted by Crippen LogP contribution is -2.37. The lowest BCUT2D eigenvalue weighted by Gasteiger charge is -2.27. The van der Waals surface area contributed by atoms with Gasteiger partial charge in [0.2, 0.25) is 5.91 Å². The summed E-state index contributed by atoms with van der Waals surface area (Å²) in [7, 11) is 0. The molecular formula is C18H20N4O2S. The molecule has 7 heteroatoms. The average Bonchev–Trinajstić information content (AvgIpc) is 3.09. The third-order valence-electron chi connectivity index (χ3n) is 4.04. The highest BCUT2D eigenvalue weighted by atomic mass is 32.1. The number of fused-ring (bicyclic) bond motifs is 1. The van der Waals surface area contributed by atoms with Crippen molar-refractivity contribution in [2.45, 2.75) is 39.4 Å². The molecule has 0 bridgehead atoms. The summed E-state index contributed by atoms with van der Waals surface area (Å²) in [5.41, 5.74) is 0.894. The van der Waals surface area contributed by atoms with Crippen LogP contribution in [0.4, 0.5) is 0 Å². The van der Waals surface area contributed by atoms with Gasteiger partial charge in [-0.15, -0.1) is 11.3 Å². The van der Waals surface area contributed by atoms with Gasteiger partial charge in [-0.25, -0.2) is 4.98 Å². The summed E-state index contributed by atoms with van der Waals surface area (Å²) in [4.78, 5) is 36.0. The number of amides is 1. The number of thiophene rings is 1. The molecule has 0 aliphatic rings. The molecule has 25 heavy (non-hydrogen) atoms. The Hall–Kier alpha value is -2.54. The number of hydrogen-bond acceptors (Lipinski definition) is 5. The molecule has 3 aromatic heterocycles. The van der Waals surface area contributed by atoms with E-state index < -0.39 is 0 Å². The highest BCUT2D eigenvalue weighted by Gasteiger charge is 2.18. The minimum atomic E-state index is -0.0950. The second kappa shape index (κ2) is 7.57. The predicted octanol–water partition coefficient (Wildman–Crippen LogP) is 2.68. The van der Waals surface area contributed by atoms with Gasteiger partial charge in [0.05, 0.1) is 11.7 Å². The summed E-state index contributed by atoms with van der Waals surface area (Å²) in [6.07, 6.45) is 5.26. The maximum absolute atomic E-state index is 12.7. The lowest BCUT2D eigenvalue weighted by molar-refractivity contribution is -0.133. The summed E-state index contributed by atoms with van der Waals surface area (Å²) >= 11 is 1.44. The van der Waals surface area contributed by atoms with Gasteiger partial charge in [0, 0.05) is 37.9 Å². The fraction of sp³-hybridized carbons (Fsp3) is 0.333. The van der Waals surface area contributed by atoms with Crippen LogP contribution in [0.3, 0.4) is 0 Å². The molecule has 0 atom stereocenters. The zero-order chi connectivity index (χ0) is 17.8. The van der Waals surface area contributed by atoms with Crippen molar-refractivity contribution in [2.24, 2.45) is 0 Å². The largest absolute Gasteiger partial charge is 0.336 e. The molecule has 3 rings (SSSR count). The number of carbonyl (C=O) groups excluding carboxylic acids is 1. The van der Waals surface area contributed by atoms with Crippen LogP contribution in [-0.4, -0.2) is 31.4 Å². The van der Waals surface area contributed by atoms with Crippen LogP contribution in [0, 0.1) is 0 Å². The van der Waals surface area contributed by atoms with E-state index in [1.165, 1.54) is 22.2 Å². The zero-order valence-corrected chi connectivity index (χ0v) is 15.1. The Morgan fingerprint density at radius 2 is 2.20 bits per heavy atom. The van der Waals surface area contributed by atoms with E-state index in [4.69, 9.17) is 0 Å². The van der Waals surface area contributed by atoms with Crippen molar-refractivity contribution in [3.8, 4) is 0 Å². The first kappa shape index (κ1) is 17.3. The van der Waals surface area contributed by atoms with Gasteiger partial charge in [0.1, 0.15) is 4.83 Å². The van der Waals surface area contributed by atoms with Crippen molar-refractivity contribution in [2.75, 3.05) is 0 Å². The van der Waals surface area contributed by atoms with Crippen molar-refractivity contribution >= 4 is 27.5 Å². The predicted molar refractivity (Wildman–Crippen MR) is 98.4 cm³/mol. The second-order valence-electron chi connectivity index (χ2n) is 6.11. The summed E-state index contributed by atoms with van der Waals surface area (Å²) in [6, 6.07) is 5.66. The van der Waals surface area contributed by atoms with Gasteiger partial charge >= 0.3 is 0 Å². The van der Waals surface area contributed by atoms with Crippen molar-refractivity contribution in [1.29, 1.82) is 0 Å². The molecule has 0 aliphatic carbocycles. The molecule has 6 nitrogen and oxygen atoms in total. The molecule has 0 spiro atoms. The minimum Gasteiger partial charge on any atom is -0.336 e. The van der Waals surface area contributed by atoms with E-state index in [1.807, 2.05) is 31.4 Å². The van der Waals surface area contributed by atoms with E-state index in [9.17, 15) is 9.59 Å². The standard InChI is InChI=1S/C18H20N4O2S/c1-13(2)22(11-14-4-3-7-19-10-14)16(23)5-8-21-12-20-17-15(18(21)24)6-9-25-17/h3-4,6-7,9-10,12-13H,5,8,11H2,1-2H3. The first-order valence-electron chi connectivity index (χ1n) is 8.17. The molecule has 0 N–H and O–H groups in total. The quantitative estimate of drug-likeness (QED) is 0.681. The molecule has 0 saturated heterocycles. The van der Waals surface area contributed by atoms with Crippen LogP contribution >= 0.6 is 11.3 Å². The summed E-state index contributed by atoms with van der Waals surface area (Å²) < 4.78 is 1.51. The number of rotatable bonds is 6. The van der Waals surface area contributed by atoms with Gasteiger partial charge in [0.15, 0.2) is 0 Å². The normalized spacial score (nSPS) is 11.2. The van der Waals surface area contributed by atoms with Gasteiger partial charge < -0.3 is 4.90 Å². The highest BCUT2D eigenvalue weighted by molar-refractivity contribution is 7.16. The Labute approximate surface area is 149 Å². The highest BCUT2D eigenvalue weighted by Crippen LogP contribution is 2.14. The fourth-order valence-electron chi connectivity index (χ4n) is 2.66. The van der Waals surface area contributed by atoms with Crippen molar-refractivity contribution < 1.29 is 4.79 Å². The van der Waals surface area contributed by atoms with Crippen LogP contribution in [-0.2, 0) is 17.9 Å². The Morgan fingerprint density at radius 3 is 2.92 bits per heavy atom. The van der Waals surface area contributed by atoms with Crippen molar-refractivity contribution in [3.63, 3.8) is 0 Å². The molecule has 0 aromatic carbocycles. The zero-order valence-electron chi connectivity index (χ0n) is 14.3. The van der Waals surface area contributed by atoms with Gasteiger partial charge in [0.25, 0.3) is 5.56 Å². The molecule has 0 aliphatic heterocycles. The molecule has 3 heterocycles. The van der Waals surface area contributed by atoms with E-state index in [-0.39, 0.29) is 23.9 Å². The number of carbonyl (C=O) groups is 1. The Kier molecular flexibility index (Phi) is 5.23. The lowest BCUT2D eigenvalue weighted by atomic mass is 10.2. The van der Waals surface area contributed by atoms with Crippen LogP contribution in [0.2, 0.25) is 0 Å². The number of nitrogens with zero attached hydrogens (tertiary/aromatic N) is 4. The Morgan fingerprint density at radius 1 is 1.36 bits per heavy atom. The van der Waals surface area contributed by atoms with Crippen LogP contribution in [0.15, 0.2) is 47.1 Å². The number of aryl methyl sites for hydroxylation is 1. The van der Waals surface area contributed by atoms with Crippen LogP contribution in [0.25, 0.3) is 10.2 Å². The third kappa shape index (κ3) is 3.93. The van der Waals surface area contributed by atoms with E-state index in [1.54, 1.807) is 23.4 Å². The average molecular weight is 356 g/mol. The summed E-state index contributed by atoms with van der Waals surface area (Å²) in [6.45, 7) is 4.81. The van der Waals surface area contributed by atoms with E-state index in [2.05, 4.69) is 9.97 Å². The minimum absolute atomic E-state index is 0.0103. The van der Waals surface area contributed by atoms with Gasteiger partial charge in [-0.05, 0) is 36.9 Å². The van der Waals surface area contributed by atoms with E-state index in [0.29, 0.717) is 18.5 Å². The number of aromatic nitrogens is 3. The van der Waals surface area contributed by atoms with E-state index >= 15 is 0 Å². The van der Waals surface area contributed by atoms with Gasteiger partial charge in [-0.3, -0.25) is 19.1 Å². The second-order valence-corrected chi connectivity index (χ2v) is 7.00. The Balaban J connectivity index is 1.70. The third-order valence-corrected chi connectivity index (χ3v) is 4.86. The molecule has 0 fully saturated rings. The summed E-state index contributed by atoms with van der Waals surface area (Å²) in [5, 5.41) is 2.46. The first-order valence-corrected chi connectivity index (χ1v) is 9.05. The molecule has 130 valence electrons. The monoisotopic (exact) mass is 356 g/mol. The van der Waals surface area contributed by atoms with Gasteiger partial charge in [-0.2, -0.15) is 0 Å². The first-order chi connectivity index (χ1) is 12.1. The number of hydrogen-bond donors (Lipinski definition) is 0. The SMILES string of the molecule is CC(C)N(Cc1cccnc1)C(=O)CCn1cnc2sccc2c1=O. The van der Waals surface area contributed by atoms with Crippen LogP contribution in [0.1, 0.15) is 25.8 Å². The van der Waals surface area contributed by atoms with Crippen LogP contribution in [0.5, 0.6) is 0 Å². The van der Waals surface area contributed by atoms with Gasteiger partial charge in [-0.1, -0.05) is 6.07 Å². The topological polar surface area (TPSA) is 68.1 Å². The van der Waals surface area contributed by atoms with E-state index in [0.717, 1.165) is 10.4 Å². The Bertz CT molecular complexity index is 917. The fourth-order valence-corrected chi connectivity index (χ4v) is 3.38. The molecule has 0 unspecified atom stereocenters. The molecule has 1 amide bonds. The maximum atomic E-state index is 12.7. The molecule has 3 aromatic rings. The molecule has 0 saturated carbocycles. The maximum Gasteiger partial charge on any atom is 0.262 e. The van der Waals surface area contributed by atoms with Crippen molar-refractivity contribution in [1.82, 2.24) is 19.4 Å². The molecular weight excluding hydrogens is 336 g/mol. The summed E-state index contributed by atoms with van der Waals surface area (Å²) in [5.74, 6) is 0.0103. The smallest absolute Gasteiger partial charge is 0.262 e. The van der Waals surface area contributed by atoms with Crippen molar-refractivity contribution in [3.05, 3.63) is 58.2 Å². The van der Waals surface area contributed by atoms with Crippen LogP contribution < -0.4 is 5.56 Å². The number of pyridine rings is 1. The molecule has 0 radical (unpaired) electrons.